The smallest absolute Gasteiger partial charge is 0.318 e. The van der Waals surface area contributed by atoms with E-state index in [-0.39, 0.29) is 17.2 Å². The van der Waals surface area contributed by atoms with E-state index in [9.17, 15) is 9.59 Å². The first-order valence-electron chi connectivity index (χ1n) is 7.30. The molecule has 2 aromatic rings. The molecule has 118 valence electrons. The third-order valence-electron chi connectivity index (χ3n) is 3.55. The van der Waals surface area contributed by atoms with Gasteiger partial charge in [-0.3, -0.25) is 4.79 Å². The van der Waals surface area contributed by atoms with Gasteiger partial charge in [-0.1, -0.05) is 24.3 Å². The minimum atomic E-state index is -0.296. The van der Waals surface area contributed by atoms with Crippen molar-refractivity contribution in [1.29, 1.82) is 0 Å². The molecule has 0 aromatic heterocycles. The summed E-state index contributed by atoms with van der Waals surface area (Å²) < 4.78 is 0. The third kappa shape index (κ3) is 3.65. The van der Waals surface area contributed by atoms with Gasteiger partial charge in [0, 0.05) is 23.3 Å². The number of thioether (sulfide) groups is 1. The SMILES string of the molecule is CNC(=O)Nc1cccc(NC(=O)C2Cc3ccccc3S2)c1. The van der Waals surface area contributed by atoms with Crippen LogP contribution in [0.4, 0.5) is 16.2 Å². The van der Waals surface area contributed by atoms with Gasteiger partial charge in [0.2, 0.25) is 5.91 Å². The molecule has 0 radical (unpaired) electrons. The van der Waals surface area contributed by atoms with Crippen molar-refractivity contribution < 1.29 is 9.59 Å². The predicted molar refractivity (Wildman–Crippen MR) is 92.9 cm³/mol. The summed E-state index contributed by atoms with van der Waals surface area (Å²) in [5.74, 6) is -0.0247. The van der Waals surface area contributed by atoms with Crippen LogP contribution in [-0.4, -0.2) is 24.2 Å². The number of rotatable bonds is 3. The maximum absolute atomic E-state index is 12.4. The van der Waals surface area contributed by atoms with Crippen LogP contribution in [0.5, 0.6) is 0 Å². The lowest BCUT2D eigenvalue weighted by Crippen LogP contribution is -2.25. The number of hydrogen-bond acceptors (Lipinski definition) is 3. The van der Waals surface area contributed by atoms with Crippen LogP contribution in [0.2, 0.25) is 0 Å². The van der Waals surface area contributed by atoms with E-state index in [4.69, 9.17) is 0 Å². The Bertz CT molecular complexity index is 723. The summed E-state index contributed by atoms with van der Waals surface area (Å²) in [5, 5.41) is 7.97. The quantitative estimate of drug-likeness (QED) is 0.811. The molecule has 0 spiro atoms. The summed E-state index contributed by atoms with van der Waals surface area (Å²) in [6, 6.07) is 14.9. The van der Waals surface area contributed by atoms with Crippen molar-refractivity contribution in [2.24, 2.45) is 0 Å². The zero-order valence-electron chi connectivity index (χ0n) is 12.6. The van der Waals surface area contributed by atoms with Crippen molar-refractivity contribution in [3.63, 3.8) is 0 Å². The molecule has 6 heteroatoms. The number of fused-ring (bicyclic) bond motifs is 1. The van der Waals surface area contributed by atoms with Crippen LogP contribution >= 0.6 is 11.8 Å². The molecule has 1 atom stereocenters. The first kappa shape index (κ1) is 15.4. The molecule has 0 bridgehead atoms. The molecule has 0 saturated heterocycles. The van der Waals surface area contributed by atoms with Gasteiger partial charge in [-0.25, -0.2) is 4.79 Å². The number of benzene rings is 2. The van der Waals surface area contributed by atoms with Crippen molar-refractivity contribution >= 4 is 35.1 Å². The molecular weight excluding hydrogens is 310 g/mol. The zero-order chi connectivity index (χ0) is 16.2. The van der Waals surface area contributed by atoms with Gasteiger partial charge in [-0.15, -0.1) is 11.8 Å². The topological polar surface area (TPSA) is 70.2 Å². The molecule has 3 amide bonds. The second-order valence-corrected chi connectivity index (χ2v) is 6.44. The highest BCUT2D eigenvalue weighted by Gasteiger charge is 2.27. The summed E-state index contributed by atoms with van der Waals surface area (Å²) >= 11 is 1.59. The van der Waals surface area contributed by atoms with Gasteiger partial charge in [0.05, 0.1) is 5.25 Å². The average molecular weight is 327 g/mol. The Kier molecular flexibility index (Phi) is 4.52. The van der Waals surface area contributed by atoms with Gasteiger partial charge >= 0.3 is 6.03 Å². The zero-order valence-corrected chi connectivity index (χ0v) is 13.4. The lowest BCUT2D eigenvalue weighted by atomic mass is 10.1. The highest BCUT2D eigenvalue weighted by molar-refractivity contribution is 8.01. The summed E-state index contributed by atoms with van der Waals surface area (Å²) in [7, 11) is 1.55. The molecule has 1 heterocycles. The molecule has 3 rings (SSSR count). The van der Waals surface area contributed by atoms with Crippen LogP contribution in [0.15, 0.2) is 53.4 Å². The van der Waals surface area contributed by atoms with Gasteiger partial charge in [0.25, 0.3) is 0 Å². The second-order valence-electron chi connectivity index (χ2n) is 5.19. The molecule has 1 aliphatic rings. The molecule has 23 heavy (non-hydrogen) atoms. The molecule has 0 saturated carbocycles. The van der Waals surface area contributed by atoms with Crippen molar-refractivity contribution in [3.8, 4) is 0 Å². The highest BCUT2D eigenvalue weighted by Crippen LogP contribution is 2.37. The summed E-state index contributed by atoms with van der Waals surface area (Å²) in [6.07, 6.45) is 0.739. The van der Waals surface area contributed by atoms with Crippen molar-refractivity contribution in [2.45, 2.75) is 16.6 Å². The van der Waals surface area contributed by atoms with Gasteiger partial charge in [0.15, 0.2) is 0 Å². The van der Waals surface area contributed by atoms with E-state index in [0.717, 1.165) is 6.42 Å². The lowest BCUT2D eigenvalue weighted by molar-refractivity contribution is -0.115. The largest absolute Gasteiger partial charge is 0.341 e. The van der Waals surface area contributed by atoms with Crippen LogP contribution < -0.4 is 16.0 Å². The van der Waals surface area contributed by atoms with Crippen LogP contribution in [0.25, 0.3) is 0 Å². The Morgan fingerprint density at radius 1 is 1.04 bits per heavy atom. The molecule has 1 aliphatic heterocycles. The van der Waals surface area contributed by atoms with Crippen molar-refractivity contribution in [2.75, 3.05) is 17.7 Å². The number of amides is 3. The fraction of sp³-hybridized carbons (Fsp3) is 0.176. The molecular formula is C17H17N3O2S. The first-order chi connectivity index (χ1) is 11.2. The van der Waals surface area contributed by atoms with Crippen molar-refractivity contribution in [3.05, 3.63) is 54.1 Å². The number of nitrogens with one attached hydrogen (secondary N) is 3. The maximum atomic E-state index is 12.4. The highest BCUT2D eigenvalue weighted by atomic mass is 32.2. The Hall–Kier alpha value is -2.47. The number of anilines is 2. The Balaban J connectivity index is 1.65. The van der Waals surface area contributed by atoms with Crippen LogP contribution in [0, 0.1) is 0 Å². The standard InChI is InChI=1S/C17H17N3O2S/c1-18-17(22)20-13-7-4-6-12(10-13)19-16(21)15-9-11-5-2-3-8-14(11)23-15/h2-8,10,15H,9H2,1H3,(H,19,21)(H2,18,20,22). The van der Waals surface area contributed by atoms with E-state index in [1.54, 1.807) is 43.1 Å². The van der Waals surface area contributed by atoms with E-state index >= 15 is 0 Å². The molecule has 5 nitrogen and oxygen atoms in total. The Labute approximate surface area is 138 Å². The van der Waals surface area contributed by atoms with E-state index in [2.05, 4.69) is 22.0 Å². The number of urea groups is 1. The fourth-order valence-electron chi connectivity index (χ4n) is 2.42. The average Bonchev–Trinajstić information content (AvgIpc) is 2.99. The Morgan fingerprint density at radius 3 is 2.52 bits per heavy atom. The van der Waals surface area contributed by atoms with Crippen LogP contribution in [-0.2, 0) is 11.2 Å². The normalized spacial score (nSPS) is 15.6. The Morgan fingerprint density at radius 2 is 1.78 bits per heavy atom. The number of carbonyl (C=O) groups excluding carboxylic acids is 2. The molecule has 0 aliphatic carbocycles. The van der Waals surface area contributed by atoms with E-state index in [1.807, 2.05) is 18.2 Å². The molecule has 2 aromatic carbocycles. The number of hydrogen-bond donors (Lipinski definition) is 3. The minimum absolute atomic E-state index is 0.0247. The molecule has 1 unspecified atom stereocenters. The van der Waals surface area contributed by atoms with Crippen LogP contribution in [0.3, 0.4) is 0 Å². The second kappa shape index (κ2) is 6.75. The van der Waals surface area contributed by atoms with Crippen LogP contribution in [0.1, 0.15) is 5.56 Å². The number of carbonyl (C=O) groups is 2. The fourth-order valence-corrected chi connectivity index (χ4v) is 3.61. The maximum Gasteiger partial charge on any atom is 0.318 e. The van der Waals surface area contributed by atoms with E-state index in [0.29, 0.717) is 11.4 Å². The predicted octanol–water partition coefficient (Wildman–Crippen LogP) is 3.09. The van der Waals surface area contributed by atoms with E-state index < -0.39 is 0 Å². The van der Waals surface area contributed by atoms with Gasteiger partial charge in [0.1, 0.15) is 0 Å². The van der Waals surface area contributed by atoms with Gasteiger partial charge < -0.3 is 16.0 Å². The molecule has 0 fully saturated rings. The lowest BCUT2D eigenvalue weighted by Gasteiger charge is -2.11. The van der Waals surface area contributed by atoms with E-state index in [1.165, 1.54) is 10.5 Å². The van der Waals surface area contributed by atoms with Gasteiger partial charge in [-0.05, 0) is 36.2 Å². The summed E-state index contributed by atoms with van der Waals surface area (Å²) in [5.41, 5.74) is 2.51. The molecule has 3 N–H and O–H groups in total. The van der Waals surface area contributed by atoms with Gasteiger partial charge in [-0.2, -0.15) is 0 Å². The third-order valence-corrected chi connectivity index (χ3v) is 4.87. The minimum Gasteiger partial charge on any atom is -0.341 e. The monoisotopic (exact) mass is 327 g/mol. The van der Waals surface area contributed by atoms with Crippen molar-refractivity contribution in [1.82, 2.24) is 5.32 Å². The first-order valence-corrected chi connectivity index (χ1v) is 8.18. The summed E-state index contributed by atoms with van der Waals surface area (Å²) in [6.45, 7) is 0. The summed E-state index contributed by atoms with van der Waals surface area (Å²) in [4.78, 5) is 24.9.